The fraction of sp³-hybridized carbons (Fsp3) is 0.100. The molecular formula is C20H18N2O3. The molecule has 1 heterocycles. The summed E-state index contributed by atoms with van der Waals surface area (Å²) in [4.78, 5) is 27.5. The number of hydrogen-bond acceptors (Lipinski definition) is 3. The summed E-state index contributed by atoms with van der Waals surface area (Å²) in [6.07, 6.45) is 0. The summed E-state index contributed by atoms with van der Waals surface area (Å²) >= 11 is 0. The molecule has 0 atom stereocenters. The number of aromatic nitrogens is 1. The summed E-state index contributed by atoms with van der Waals surface area (Å²) < 4.78 is 5.24. The molecule has 5 heteroatoms. The van der Waals surface area contributed by atoms with E-state index in [-0.39, 0.29) is 5.56 Å². The number of carbonyl (C=O) groups is 1. The fourth-order valence-corrected chi connectivity index (χ4v) is 2.55. The van der Waals surface area contributed by atoms with Crippen LogP contribution in [0.3, 0.4) is 0 Å². The number of carbonyl (C=O) groups excluding carboxylic acids is 1. The van der Waals surface area contributed by atoms with E-state index in [0.29, 0.717) is 17.1 Å². The average molecular weight is 334 g/mol. The molecule has 126 valence electrons. The van der Waals surface area contributed by atoms with Gasteiger partial charge in [0.2, 0.25) is 0 Å². The normalized spacial score (nSPS) is 10.3. The molecule has 0 saturated carbocycles. The number of aryl methyl sites for hydroxylation is 1. The number of aromatic amines is 1. The van der Waals surface area contributed by atoms with Crippen molar-refractivity contribution in [3.63, 3.8) is 0 Å². The first-order valence-corrected chi connectivity index (χ1v) is 7.83. The zero-order valence-electron chi connectivity index (χ0n) is 14.0. The minimum Gasteiger partial charge on any atom is -0.495 e. The van der Waals surface area contributed by atoms with Gasteiger partial charge in [0.05, 0.1) is 12.8 Å². The Balaban J connectivity index is 1.89. The smallest absolute Gasteiger partial charge is 0.261 e. The monoisotopic (exact) mass is 334 g/mol. The molecule has 3 aromatic rings. The third-order valence-corrected chi connectivity index (χ3v) is 3.84. The Morgan fingerprint density at radius 2 is 1.80 bits per heavy atom. The lowest BCUT2D eigenvalue weighted by Gasteiger charge is -2.11. The molecule has 0 spiro atoms. The van der Waals surface area contributed by atoms with Gasteiger partial charge in [0, 0.05) is 5.69 Å². The van der Waals surface area contributed by atoms with Gasteiger partial charge in [-0.05, 0) is 42.3 Å². The number of pyridine rings is 1. The average Bonchev–Trinajstić information content (AvgIpc) is 2.62. The fourth-order valence-electron chi connectivity index (χ4n) is 2.55. The zero-order chi connectivity index (χ0) is 17.8. The van der Waals surface area contributed by atoms with Crippen molar-refractivity contribution >= 4 is 11.6 Å². The van der Waals surface area contributed by atoms with E-state index in [0.717, 1.165) is 11.1 Å². The molecule has 0 unspecified atom stereocenters. The van der Waals surface area contributed by atoms with Crippen molar-refractivity contribution < 1.29 is 9.53 Å². The van der Waals surface area contributed by atoms with Crippen molar-refractivity contribution in [3.05, 3.63) is 82.1 Å². The van der Waals surface area contributed by atoms with E-state index in [9.17, 15) is 9.59 Å². The second kappa shape index (κ2) is 7.05. The lowest BCUT2D eigenvalue weighted by Crippen LogP contribution is -2.23. The Labute approximate surface area is 145 Å². The molecule has 2 N–H and O–H groups in total. The molecule has 0 aliphatic heterocycles. The lowest BCUT2D eigenvalue weighted by atomic mass is 10.1. The van der Waals surface area contributed by atoms with Crippen LogP contribution in [0.25, 0.3) is 11.3 Å². The van der Waals surface area contributed by atoms with E-state index >= 15 is 0 Å². The van der Waals surface area contributed by atoms with Crippen LogP contribution in [-0.4, -0.2) is 18.0 Å². The van der Waals surface area contributed by atoms with Crippen molar-refractivity contribution in [1.29, 1.82) is 0 Å². The first-order valence-electron chi connectivity index (χ1n) is 7.83. The van der Waals surface area contributed by atoms with Gasteiger partial charge in [-0.2, -0.15) is 0 Å². The zero-order valence-corrected chi connectivity index (χ0v) is 14.0. The number of ether oxygens (including phenoxy) is 1. The highest BCUT2D eigenvalue weighted by atomic mass is 16.5. The molecule has 0 radical (unpaired) electrons. The van der Waals surface area contributed by atoms with Crippen LogP contribution in [0.1, 0.15) is 15.9 Å². The van der Waals surface area contributed by atoms with E-state index in [1.54, 1.807) is 18.2 Å². The Morgan fingerprint density at radius 3 is 2.48 bits per heavy atom. The van der Waals surface area contributed by atoms with Crippen molar-refractivity contribution in [1.82, 2.24) is 4.98 Å². The maximum atomic E-state index is 12.5. The molecule has 2 aromatic carbocycles. The third-order valence-electron chi connectivity index (χ3n) is 3.84. The number of amides is 1. The predicted molar refractivity (Wildman–Crippen MR) is 98.2 cm³/mol. The van der Waals surface area contributed by atoms with Gasteiger partial charge in [-0.3, -0.25) is 9.59 Å². The highest BCUT2D eigenvalue weighted by molar-refractivity contribution is 6.05. The standard InChI is InChI=1S/C20H18N2O3/c1-13-8-11-18(25-2)17(12-13)22-20(24)15-9-10-16(21-19(15)23)14-6-4-3-5-7-14/h3-12H,1-2H3,(H,21,23)(H,22,24). The number of methoxy groups -OCH3 is 1. The van der Waals surface area contributed by atoms with Crippen LogP contribution in [0.15, 0.2) is 65.5 Å². The summed E-state index contributed by atoms with van der Waals surface area (Å²) in [7, 11) is 1.53. The number of anilines is 1. The van der Waals surface area contributed by atoms with E-state index in [1.165, 1.54) is 13.2 Å². The van der Waals surface area contributed by atoms with Crippen LogP contribution in [0.2, 0.25) is 0 Å². The summed E-state index contributed by atoms with van der Waals surface area (Å²) in [5, 5.41) is 2.73. The van der Waals surface area contributed by atoms with Crippen LogP contribution in [-0.2, 0) is 0 Å². The summed E-state index contributed by atoms with van der Waals surface area (Å²) in [5.74, 6) is 0.0565. The van der Waals surface area contributed by atoms with E-state index in [2.05, 4.69) is 10.3 Å². The molecule has 25 heavy (non-hydrogen) atoms. The van der Waals surface area contributed by atoms with Crippen LogP contribution in [0.4, 0.5) is 5.69 Å². The highest BCUT2D eigenvalue weighted by Crippen LogP contribution is 2.25. The molecule has 1 aromatic heterocycles. The number of benzene rings is 2. The van der Waals surface area contributed by atoms with Crippen LogP contribution in [0.5, 0.6) is 5.75 Å². The number of nitrogens with one attached hydrogen (secondary N) is 2. The first kappa shape index (κ1) is 16.5. The molecule has 0 bridgehead atoms. The number of rotatable bonds is 4. The van der Waals surface area contributed by atoms with Gasteiger partial charge in [0.1, 0.15) is 11.3 Å². The molecule has 1 amide bonds. The molecule has 0 saturated heterocycles. The molecule has 3 rings (SSSR count). The SMILES string of the molecule is COc1ccc(C)cc1NC(=O)c1ccc(-c2ccccc2)[nH]c1=O. The predicted octanol–water partition coefficient (Wildman–Crippen LogP) is 3.61. The van der Waals surface area contributed by atoms with Gasteiger partial charge in [0.15, 0.2) is 0 Å². The molecule has 5 nitrogen and oxygen atoms in total. The van der Waals surface area contributed by atoms with E-state index < -0.39 is 11.5 Å². The molecule has 0 aliphatic rings. The van der Waals surface area contributed by atoms with Crippen molar-refractivity contribution in [2.45, 2.75) is 6.92 Å². The quantitative estimate of drug-likeness (QED) is 0.765. The Kier molecular flexibility index (Phi) is 4.66. The highest BCUT2D eigenvalue weighted by Gasteiger charge is 2.14. The van der Waals surface area contributed by atoms with Gasteiger partial charge in [-0.15, -0.1) is 0 Å². The summed E-state index contributed by atoms with van der Waals surface area (Å²) in [5.41, 5.74) is 2.65. The van der Waals surface area contributed by atoms with Crippen LogP contribution < -0.4 is 15.6 Å². The summed E-state index contributed by atoms with van der Waals surface area (Å²) in [6.45, 7) is 1.91. The van der Waals surface area contributed by atoms with Gasteiger partial charge in [0.25, 0.3) is 11.5 Å². The molecule has 0 aliphatic carbocycles. The van der Waals surface area contributed by atoms with Crippen LogP contribution in [0, 0.1) is 6.92 Å². The topological polar surface area (TPSA) is 71.2 Å². The number of H-pyrrole nitrogens is 1. The Morgan fingerprint density at radius 1 is 1.04 bits per heavy atom. The van der Waals surface area contributed by atoms with E-state index in [4.69, 9.17) is 4.74 Å². The maximum absolute atomic E-state index is 12.5. The van der Waals surface area contributed by atoms with Gasteiger partial charge < -0.3 is 15.0 Å². The minimum atomic E-state index is -0.482. The second-order valence-electron chi connectivity index (χ2n) is 5.64. The lowest BCUT2D eigenvalue weighted by molar-refractivity contribution is 0.102. The third kappa shape index (κ3) is 3.61. The van der Waals surface area contributed by atoms with Gasteiger partial charge in [-0.25, -0.2) is 0 Å². The summed E-state index contributed by atoms with van der Waals surface area (Å²) in [6, 6.07) is 18.2. The Bertz CT molecular complexity index is 962. The van der Waals surface area contributed by atoms with Gasteiger partial charge in [-0.1, -0.05) is 36.4 Å². The molecular weight excluding hydrogens is 316 g/mol. The Hall–Kier alpha value is -3.34. The largest absolute Gasteiger partial charge is 0.495 e. The van der Waals surface area contributed by atoms with Crippen molar-refractivity contribution in [2.24, 2.45) is 0 Å². The van der Waals surface area contributed by atoms with Gasteiger partial charge >= 0.3 is 0 Å². The van der Waals surface area contributed by atoms with Crippen LogP contribution >= 0.6 is 0 Å². The minimum absolute atomic E-state index is 0.0447. The molecule has 0 fully saturated rings. The van der Waals surface area contributed by atoms with Crippen molar-refractivity contribution in [2.75, 3.05) is 12.4 Å². The maximum Gasteiger partial charge on any atom is 0.261 e. The van der Waals surface area contributed by atoms with E-state index in [1.807, 2.05) is 43.3 Å². The number of hydrogen-bond donors (Lipinski definition) is 2. The second-order valence-corrected chi connectivity index (χ2v) is 5.64. The first-order chi connectivity index (χ1) is 12.1. The van der Waals surface area contributed by atoms with Crippen molar-refractivity contribution in [3.8, 4) is 17.0 Å².